The van der Waals surface area contributed by atoms with Crippen molar-refractivity contribution >= 4 is 15.7 Å². The molecule has 2 rings (SSSR count). The van der Waals surface area contributed by atoms with Crippen LogP contribution in [0.15, 0.2) is 43.8 Å². The van der Waals surface area contributed by atoms with Crippen molar-refractivity contribution in [2.75, 3.05) is 4.72 Å². The van der Waals surface area contributed by atoms with Crippen molar-refractivity contribution in [2.45, 2.75) is 18.4 Å². The van der Waals surface area contributed by atoms with E-state index in [1.807, 2.05) is 0 Å². The van der Waals surface area contributed by atoms with Gasteiger partial charge in [0.1, 0.15) is 0 Å². The summed E-state index contributed by atoms with van der Waals surface area (Å²) in [4.78, 5) is 34.6. The van der Waals surface area contributed by atoms with Gasteiger partial charge in [-0.15, -0.1) is 0 Å². The molecule has 0 aliphatic carbocycles. The number of anilines is 1. The lowest BCUT2D eigenvalue weighted by Crippen LogP contribution is -2.40. The molecule has 0 saturated heterocycles. The fraction of sp³-hybridized carbons (Fsp3) is 0.308. The molecule has 10 heteroatoms. The van der Waals surface area contributed by atoms with Crippen molar-refractivity contribution in [3.05, 3.63) is 55.7 Å². The lowest BCUT2D eigenvalue weighted by atomic mass is 10.4. The van der Waals surface area contributed by atoms with Crippen LogP contribution in [0, 0.1) is 0 Å². The van der Waals surface area contributed by atoms with Crippen LogP contribution in [0.5, 0.6) is 0 Å². The molecular formula is C13H16N4O5S. The number of hydrogen-bond acceptors (Lipinski definition) is 5. The zero-order valence-corrected chi connectivity index (χ0v) is 13.6. The van der Waals surface area contributed by atoms with Crippen LogP contribution in [0.1, 0.15) is 6.92 Å². The number of aryl methyl sites for hydroxylation is 2. The van der Waals surface area contributed by atoms with Gasteiger partial charge in [-0.05, 0) is 13.0 Å². The monoisotopic (exact) mass is 340 g/mol. The van der Waals surface area contributed by atoms with Crippen LogP contribution >= 0.6 is 0 Å². The standard InChI is InChI=1S/C13H16N4O5S/c1-4-17-7-9(5-6-11(17)18)14-23(21,22)10-8-15(2)13(20)16(3)12(10)19/h5-8,14H,4H2,1-3H3. The zero-order chi connectivity index (χ0) is 17.4. The normalized spacial score (nSPS) is 11.4. The average molecular weight is 340 g/mol. The van der Waals surface area contributed by atoms with Gasteiger partial charge in [0.05, 0.1) is 5.69 Å². The molecule has 0 atom stereocenters. The summed E-state index contributed by atoms with van der Waals surface area (Å²) in [5.41, 5.74) is -1.69. The fourth-order valence-corrected chi connectivity index (χ4v) is 3.21. The van der Waals surface area contributed by atoms with Crippen molar-refractivity contribution < 1.29 is 8.42 Å². The molecule has 0 saturated carbocycles. The Morgan fingerprint density at radius 3 is 2.35 bits per heavy atom. The minimum Gasteiger partial charge on any atom is -0.314 e. The van der Waals surface area contributed by atoms with Crippen molar-refractivity contribution in [1.29, 1.82) is 0 Å². The van der Waals surface area contributed by atoms with Crippen LogP contribution in [-0.4, -0.2) is 22.1 Å². The molecule has 0 fully saturated rings. The highest BCUT2D eigenvalue weighted by atomic mass is 32.2. The minimum atomic E-state index is -4.20. The second-order valence-corrected chi connectivity index (χ2v) is 6.55. The molecule has 1 N–H and O–H groups in total. The molecule has 0 amide bonds. The van der Waals surface area contributed by atoms with Gasteiger partial charge in [0, 0.05) is 39.1 Å². The molecule has 0 aliphatic heterocycles. The predicted octanol–water partition coefficient (Wildman–Crippen LogP) is -0.934. The van der Waals surface area contributed by atoms with Crippen LogP contribution in [0.4, 0.5) is 5.69 Å². The van der Waals surface area contributed by atoms with Crippen molar-refractivity contribution in [3.8, 4) is 0 Å². The molecular weight excluding hydrogens is 324 g/mol. The van der Waals surface area contributed by atoms with Gasteiger partial charge in [-0.1, -0.05) is 0 Å². The van der Waals surface area contributed by atoms with E-state index in [0.717, 1.165) is 10.8 Å². The van der Waals surface area contributed by atoms with Gasteiger partial charge in [-0.3, -0.25) is 18.9 Å². The molecule has 0 aliphatic rings. The number of aromatic nitrogens is 3. The highest BCUT2D eigenvalue weighted by Gasteiger charge is 2.21. The summed E-state index contributed by atoms with van der Waals surface area (Å²) in [6.45, 7) is 2.11. The first-order valence-corrected chi connectivity index (χ1v) is 8.15. The Morgan fingerprint density at radius 2 is 1.74 bits per heavy atom. The Labute approximate surface area is 131 Å². The van der Waals surface area contributed by atoms with Crippen molar-refractivity contribution in [2.24, 2.45) is 14.1 Å². The maximum Gasteiger partial charge on any atom is 0.330 e. The van der Waals surface area contributed by atoms with E-state index in [1.54, 1.807) is 6.92 Å². The number of rotatable bonds is 4. The predicted molar refractivity (Wildman–Crippen MR) is 84.1 cm³/mol. The summed E-state index contributed by atoms with van der Waals surface area (Å²) < 4.78 is 30.1. The molecule has 2 aromatic heterocycles. The number of nitrogens with one attached hydrogen (secondary N) is 1. The number of hydrogen-bond donors (Lipinski definition) is 1. The van der Waals surface area contributed by atoms with Crippen LogP contribution < -0.4 is 21.5 Å². The maximum atomic E-state index is 12.4. The van der Waals surface area contributed by atoms with Crippen LogP contribution in [0.3, 0.4) is 0 Å². The molecule has 124 valence electrons. The molecule has 23 heavy (non-hydrogen) atoms. The molecule has 0 unspecified atom stereocenters. The Kier molecular flexibility index (Phi) is 4.28. The zero-order valence-electron chi connectivity index (χ0n) is 12.8. The molecule has 0 spiro atoms. The smallest absolute Gasteiger partial charge is 0.314 e. The highest BCUT2D eigenvalue weighted by Crippen LogP contribution is 2.11. The first kappa shape index (κ1) is 16.7. The third kappa shape index (κ3) is 3.11. The summed E-state index contributed by atoms with van der Waals surface area (Å²) in [6, 6.07) is 2.53. The summed E-state index contributed by atoms with van der Waals surface area (Å²) in [6.07, 6.45) is 2.30. The summed E-state index contributed by atoms with van der Waals surface area (Å²) >= 11 is 0. The highest BCUT2D eigenvalue weighted by molar-refractivity contribution is 7.92. The van der Waals surface area contributed by atoms with Gasteiger partial charge >= 0.3 is 5.69 Å². The number of nitrogens with zero attached hydrogens (tertiary/aromatic N) is 3. The van der Waals surface area contributed by atoms with Crippen LogP contribution in [-0.2, 0) is 30.7 Å². The second kappa shape index (κ2) is 5.88. The topological polar surface area (TPSA) is 112 Å². The number of sulfonamides is 1. The first-order valence-electron chi connectivity index (χ1n) is 6.67. The van der Waals surface area contributed by atoms with Gasteiger partial charge < -0.3 is 9.13 Å². The van der Waals surface area contributed by atoms with E-state index in [1.165, 1.54) is 37.0 Å². The molecule has 2 heterocycles. The van der Waals surface area contributed by atoms with Gasteiger partial charge in [0.2, 0.25) is 0 Å². The van der Waals surface area contributed by atoms with Crippen molar-refractivity contribution in [1.82, 2.24) is 13.7 Å². The van der Waals surface area contributed by atoms with Gasteiger partial charge in [-0.25, -0.2) is 13.2 Å². The van der Waals surface area contributed by atoms with Crippen LogP contribution in [0.25, 0.3) is 0 Å². The lowest BCUT2D eigenvalue weighted by molar-refractivity contribution is 0.589. The number of pyridine rings is 1. The largest absolute Gasteiger partial charge is 0.330 e. The Balaban J connectivity index is 2.55. The Bertz CT molecular complexity index is 1030. The van der Waals surface area contributed by atoms with E-state index in [-0.39, 0.29) is 11.2 Å². The average Bonchev–Trinajstić information content (AvgIpc) is 2.50. The molecule has 2 aromatic rings. The maximum absolute atomic E-state index is 12.4. The fourth-order valence-electron chi connectivity index (χ4n) is 2.01. The third-order valence-electron chi connectivity index (χ3n) is 3.28. The van der Waals surface area contributed by atoms with E-state index in [0.29, 0.717) is 11.1 Å². The summed E-state index contributed by atoms with van der Waals surface area (Å²) in [5, 5.41) is 0. The summed E-state index contributed by atoms with van der Waals surface area (Å²) in [7, 11) is -1.66. The van der Waals surface area contributed by atoms with Gasteiger partial charge in [0.15, 0.2) is 4.90 Å². The Morgan fingerprint density at radius 1 is 1.09 bits per heavy atom. The van der Waals surface area contributed by atoms with E-state index >= 15 is 0 Å². The first-order chi connectivity index (χ1) is 10.7. The van der Waals surface area contributed by atoms with Gasteiger partial charge in [-0.2, -0.15) is 0 Å². The van der Waals surface area contributed by atoms with Crippen LogP contribution in [0.2, 0.25) is 0 Å². The second-order valence-electron chi connectivity index (χ2n) is 4.90. The Hall–Kier alpha value is -2.62. The van der Waals surface area contributed by atoms with E-state index < -0.39 is 26.2 Å². The summed E-state index contributed by atoms with van der Waals surface area (Å²) in [5.74, 6) is 0. The third-order valence-corrected chi connectivity index (χ3v) is 4.64. The van der Waals surface area contributed by atoms with E-state index in [2.05, 4.69) is 4.72 Å². The lowest BCUT2D eigenvalue weighted by Gasteiger charge is -2.11. The molecule has 0 radical (unpaired) electrons. The van der Waals surface area contributed by atoms with E-state index in [9.17, 15) is 22.8 Å². The molecule has 9 nitrogen and oxygen atoms in total. The SMILES string of the molecule is CCn1cc(NS(=O)(=O)c2cn(C)c(=O)n(C)c2=O)ccc1=O. The molecule has 0 bridgehead atoms. The van der Waals surface area contributed by atoms with Crippen molar-refractivity contribution in [3.63, 3.8) is 0 Å². The van der Waals surface area contributed by atoms with E-state index in [4.69, 9.17) is 0 Å². The van der Waals surface area contributed by atoms with Gasteiger partial charge in [0.25, 0.3) is 21.1 Å². The molecule has 0 aromatic carbocycles. The minimum absolute atomic E-state index is 0.141. The quantitative estimate of drug-likeness (QED) is 0.772.